The molecule has 2 aliphatic heterocycles. The van der Waals surface area contributed by atoms with Crippen molar-refractivity contribution >= 4 is 0 Å². The Bertz CT molecular complexity index is 1020. The fourth-order valence-corrected chi connectivity index (χ4v) is 4.86. The average Bonchev–Trinajstić information content (AvgIpc) is 3.40. The van der Waals surface area contributed by atoms with E-state index in [0.29, 0.717) is 13.2 Å². The molecule has 3 aromatic rings. The maximum Gasteiger partial charge on any atom is 0.187 e. The van der Waals surface area contributed by atoms with Crippen LogP contribution in [0.2, 0.25) is 0 Å². The van der Waals surface area contributed by atoms with Crippen LogP contribution in [0.4, 0.5) is 0 Å². The maximum atomic E-state index is 11.1. The van der Waals surface area contributed by atoms with Gasteiger partial charge in [-0.3, -0.25) is 0 Å². The summed E-state index contributed by atoms with van der Waals surface area (Å²) in [6, 6.07) is 26.5. The van der Waals surface area contributed by atoms with Gasteiger partial charge in [0.05, 0.1) is 13.2 Å². The summed E-state index contributed by atoms with van der Waals surface area (Å²) in [7, 11) is 0. The number of aliphatic hydroxyl groups is 1. The van der Waals surface area contributed by atoms with Crippen LogP contribution in [-0.4, -0.2) is 42.4 Å². The van der Waals surface area contributed by atoms with Crippen molar-refractivity contribution in [3.63, 3.8) is 0 Å². The predicted molar refractivity (Wildman–Crippen MR) is 114 cm³/mol. The molecule has 0 aromatic heterocycles. The summed E-state index contributed by atoms with van der Waals surface area (Å²) >= 11 is 0. The highest BCUT2D eigenvalue weighted by Crippen LogP contribution is 2.47. The Morgan fingerprint density at radius 3 is 2.16 bits per heavy atom. The zero-order chi connectivity index (χ0) is 20.8. The summed E-state index contributed by atoms with van der Waals surface area (Å²) < 4.78 is 24.6. The van der Waals surface area contributed by atoms with Crippen molar-refractivity contribution in [2.45, 2.75) is 43.4 Å². The second-order valence-electron chi connectivity index (χ2n) is 8.28. The molecule has 2 fully saturated rings. The Morgan fingerprint density at radius 1 is 0.806 bits per heavy atom. The molecule has 0 radical (unpaired) electrons. The number of aliphatic hydroxyl groups excluding tert-OH is 1. The molecule has 3 aromatic carbocycles. The van der Waals surface area contributed by atoms with Crippen LogP contribution in [0.25, 0.3) is 11.1 Å². The lowest BCUT2D eigenvalue weighted by Gasteiger charge is -2.39. The fourth-order valence-electron chi connectivity index (χ4n) is 4.86. The molecule has 1 aliphatic carbocycles. The third-order valence-corrected chi connectivity index (χ3v) is 6.40. The van der Waals surface area contributed by atoms with Crippen LogP contribution in [0, 0.1) is 0 Å². The van der Waals surface area contributed by atoms with Gasteiger partial charge in [-0.1, -0.05) is 78.9 Å². The van der Waals surface area contributed by atoms with E-state index in [2.05, 4.69) is 24.3 Å². The zero-order valence-corrected chi connectivity index (χ0v) is 17.0. The highest BCUT2D eigenvalue weighted by atomic mass is 16.8. The molecule has 2 heterocycles. The predicted octanol–water partition coefficient (Wildman–Crippen LogP) is 3.84. The van der Waals surface area contributed by atoms with Crippen LogP contribution >= 0.6 is 0 Å². The van der Waals surface area contributed by atoms with Gasteiger partial charge >= 0.3 is 0 Å². The minimum atomic E-state index is -0.834. The molecule has 6 rings (SSSR count). The van der Waals surface area contributed by atoms with Gasteiger partial charge in [-0.2, -0.15) is 0 Å². The highest BCUT2D eigenvalue weighted by Gasteiger charge is 2.52. The van der Waals surface area contributed by atoms with E-state index in [-0.39, 0.29) is 6.10 Å². The van der Waals surface area contributed by atoms with Gasteiger partial charge in [0.1, 0.15) is 30.5 Å². The van der Waals surface area contributed by atoms with Crippen LogP contribution < -0.4 is 0 Å². The summed E-state index contributed by atoms with van der Waals surface area (Å²) in [5.74, 6) is 0. The minimum Gasteiger partial charge on any atom is -0.387 e. The van der Waals surface area contributed by atoms with Crippen molar-refractivity contribution in [2.75, 3.05) is 6.61 Å². The Kier molecular flexibility index (Phi) is 4.86. The van der Waals surface area contributed by atoms with Crippen molar-refractivity contribution in [2.24, 2.45) is 0 Å². The maximum absolute atomic E-state index is 11.1. The summed E-state index contributed by atoms with van der Waals surface area (Å²) in [6.07, 6.45) is -3.16. The van der Waals surface area contributed by atoms with Gasteiger partial charge < -0.3 is 24.1 Å². The molecule has 2 bridgehead atoms. The number of fused-ring (bicyclic) bond motifs is 5. The third kappa shape index (κ3) is 3.30. The SMILES string of the molecule is O[C@@H]1[C@H](OC2c3ccccc3-c3ccccc32)[C@H](OCc2ccccc2)[C@@H]2OC[C@H]1O2. The molecule has 2 saturated heterocycles. The topological polar surface area (TPSA) is 57.2 Å². The van der Waals surface area contributed by atoms with Crippen molar-refractivity contribution in [3.8, 4) is 11.1 Å². The molecule has 0 unspecified atom stereocenters. The molecule has 5 heteroatoms. The Labute approximate surface area is 181 Å². The van der Waals surface area contributed by atoms with E-state index >= 15 is 0 Å². The first-order chi connectivity index (χ1) is 15.3. The van der Waals surface area contributed by atoms with Crippen LogP contribution in [0.5, 0.6) is 0 Å². The zero-order valence-electron chi connectivity index (χ0n) is 17.0. The quantitative estimate of drug-likeness (QED) is 0.685. The number of benzene rings is 3. The van der Waals surface area contributed by atoms with Crippen molar-refractivity contribution in [1.29, 1.82) is 0 Å². The standard InChI is InChI=1S/C26H24O5/c27-22-21-15-29-26(30-21)25(28-14-16-8-2-1-3-9-16)24(22)31-23-19-12-6-4-10-17(19)18-11-5-7-13-20(18)23/h1-13,21-27H,14-15H2/t21-,22+,24+,25+,26-/m1/s1. The first-order valence-corrected chi connectivity index (χ1v) is 10.7. The molecule has 5 nitrogen and oxygen atoms in total. The fraction of sp³-hybridized carbons (Fsp3) is 0.308. The van der Waals surface area contributed by atoms with Crippen LogP contribution in [0.15, 0.2) is 78.9 Å². The molecule has 158 valence electrons. The second-order valence-corrected chi connectivity index (χ2v) is 8.28. The Morgan fingerprint density at radius 2 is 1.45 bits per heavy atom. The number of hydrogen-bond acceptors (Lipinski definition) is 5. The molecular formula is C26H24O5. The minimum absolute atomic E-state index is 0.271. The van der Waals surface area contributed by atoms with Gasteiger partial charge in [0, 0.05) is 0 Å². The average molecular weight is 416 g/mol. The first kappa shape index (κ1) is 19.2. The molecule has 0 saturated carbocycles. The highest BCUT2D eigenvalue weighted by molar-refractivity contribution is 5.78. The van der Waals surface area contributed by atoms with Crippen LogP contribution in [0.3, 0.4) is 0 Å². The largest absolute Gasteiger partial charge is 0.387 e. The van der Waals surface area contributed by atoms with Gasteiger partial charge in [0.15, 0.2) is 6.29 Å². The van der Waals surface area contributed by atoms with Gasteiger partial charge in [-0.05, 0) is 27.8 Å². The molecule has 31 heavy (non-hydrogen) atoms. The van der Waals surface area contributed by atoms with E-state index in [4.69, 9.17) is 18.9 Å². The van der Waals surface area contributed by atoms with E-state index in [1.807, 2.05) is 54.6 Å². The molecular weight excluding hydrogens is 392 g/mol. The van der Waals surface area contributed by atoms with Gasteiger partial charge in [-0.15, -0.1) is 0 Å². The summed E-state index contributed by atoms with van der Waals surface area (Å²) in [4.78, 5) is 0. The number of ether oxygens (including phenoxy) is 4. The van der Waals surface area contributed by atoms with Crippen molar-refractivity contribution < 1.29 is 24.1 Å². The van der Waals surface area contributed by atoms with E-state index < -0.39 is 30.7 Å². The number of rotatable bonds is 5. The van der Waals surface area contributed by atoms with E-state index in [0.717, 1.165) is 16.7 Å². The first-order valence-electron chi connectivity index (χ1n) is 10.7. The molecule has 5 atom stereocenters. The molecule has 1 N–H and O–H groups in total. The second kappa shape index (κ2) is 7.86. The normalized spacial score (nSPS) is 29.0. The Balaban J connectivity index is 1.31. The van der Waals surface area contributed by atoms with Gasteiger partial charge in [0.2, 0.25) is 0 Å². The van der Waals surface area contributed by atoms with Gasteiger partial charge in [0.25, 0.3) is 0 Å². The van der Waals surface area contributed by atoms with E-state index in [9.17, 15) is 5.11 Å². The molecule has 0 amide bonds. The van der Waals surface area contributed by atoms with E-state index in [1.54, 1.807) is 0 Å². The van der Waals surface area contributed by atoms with Crippen molar-refractivity contribution in [3.05, 3.63) is 95.6 Å². The summed E-state index contributed by atoms with van der Waals surface area (Å²) in [5.41, 5.74) is 5.61. The summed E-state index contributed by atoms with van der Waals surface area (Å²) in [6.45, 7) is 0.735. The van der Waals surface area contributed by atoms with Gasteiger partial charge in [-0.25, -0.2) is 0 Å². The smallest absolute Gasteiger partial charge is 0.187 e. The van der Waals surface area contributed by atoms with E-state index in [1.165, 1.54) is 11.1 Å². The van der Waals surface area contributed by atoms with Crippen molar-refractivity contribution in [1.82, 2.24) is 0 Å². The monoisotopic (exact) mass is 416 g/mol. The third-order valence-electron chi connectivity index (χ3n) is 6.40. The molecule has 0 spiro atoms. The number of hydrogen-bond donors (Lipinski definition) is 1. The summed E-state index contributed by atoms with van der Waals surface area (Å²) in [5, 5.41) is 11.1. The molecule has 3 aliphatic rings. The van der Waals surface area contributed by atoms with Crippen LogP contribution in [0.1, 0.15) is 22.8 Å². The lowest BCUT2D eigenvalue weighted by Crippen LogP contribution is -2.56. The lowest BCUT2D eigenvalue weighted by atomic mass is 9.99. The van der Waals surface area contributed by atoms with Crippen LogP contribution in [-0.2, 0) is 25.6 Å². The lowest BCUT2D eigenvalue weighted by molar-refractivity contribution is -0.262. The Hall–Kier alpha value is -2.54.